The molecule has 0 aliphatic carbocycles. The molecule has 1 unspecified atom stereocenters. The second kappa shape index (κ2) is 16.2. The molecule has 0 radical (unpaired) electrons. The third-order valence-corrected chi connectivity index (χ3v) is 7.73. The molecule has 4 aromatic rings. The number of hydrogen-bond donors (Lipinski definition) is 1. The van der Waals surface area contributed by atoms with E-state index < -0.39 is 0 Å². The van der Waals surface area contributed by atoms with Crippen molar-refractivity contribution >= 4 is 58.0 Å². The summed E-state index contributed by atoms with van der Waals surface area (Å²) in [5, 5.41) is 4.70. The molecule has 0 saturated heterocycles. The summed E-state index contributed by atoms with van der Waals surface area (Å²) in [5.41, 5.74) is 2.81. The van der Waals surface area contributed by atoms with Gasteiger partial charge >= 0.3 is 0 Å². The van der Waals surface area contributed by atoms with Crippen LogP contribution in [0.3, 0.4) is 0 Å². The number of hydrogen-bond acceptors (Lipinski definition) is 5. The third kappa shape index (κ3) is 10.6. The Balaban J connectivity index is 0.000000238. The number of nitrogens with zero attached hydrogens (tertiary/aromatic N) is 2. The highest BCUT2D eigenvalue weighted by Gasteiger charge is 2.14. The molecule has 228 valence electrons. The fourth-order valence-electron chi connectivity index (χ4n) is 3.96. The Morgan fingerprint density at radius 1 is 0.744 bits per heavy atom. The lowest BCUT2D eigenvalue weighted by molar-refractivity contribution is -0.114. The van der Waals surface area contributed by atoms with Crippen molar-refractivity contribution in [3.8, 4) is 23.0 Å². The van der Waals surface area contributed by atoms with Crippen LogP contribution >= 0.6 is 46.4 Å². The van der Waals surface area contributed by atoms with Gasteiger partial charge in [0.2, 0.25) is 5.91 Å². The van der Waals surface area contributed by atoms with Crippen LogP contribution in [0.4, 0.5) is 5.69 Å². The first-order chi connectivity index (χ1) is 20.3. The van der Waals surface area contributed by atoms with E-state index in [9.17, 15) is 4.79 Å². The molecule has 0 heterocycles. The molecule has 0 spiro atoms. The molecule has 1 atom stereocenters. The van der Waals surface area contributed by atoms with Crippen molar-refractivity contribution in [3.05, 3.63) is 110 Å². The second-order valence-electron chi connectivity index (χ2n) is 10.3. The molecule has 10 heteroatoms. The fraction of sp³-hybridized carbons (Fsp3) is 0.242. The summed E-state index contributed by atoms with van der Waals surface area (Å²) in [6, 6.07) is 24.2. The average molecular weight is 663 g/mol. The summed E-state index contributed by atoms with van der Waals surface area (Å²) in [4.78, 5) is 15.4. The molecule has 0 bridgehead atoms. The van der Waals surface area contributed by atoms with Crippen LogP contribution in [-0.2, 0) is 11.3 Å². The molecule has 0 saturated carbocycles. The number of amides is 1. The van der Waals surface area contributed by atoms with Gasteiger partial charge in [0.1, 0.15) is 23.0 Å². The van der Waals surface area contributed by atoms with Gasteiger partial charge < -0.3 is 24.6 Å². The first kappa shape index (κ1) is 34.5. The van der Waals surface area contributed by atoms with Gasteiger partial charge in [-0.2, -0.15) is 0 Å². The Hall–Kier alpha value is -2.97. The Morgan fingerprint density at radius 3 is 1.81 bits per heavy atom. The summed E-state index contributed by atoms with van der Waals surface area (Å²) in [7, 11) is 8.02. The lowest BCUT2D eigenvalue weighted by atomic mass is 10.1. The van der Waals surface area contributed by atoms with E-state index in [1.54, 1.807) is 36.4 Å². The summed E-state index contributed by atoms with van der Waals surface area (Å²) in [6.45, 7) is 4.28. The minimum Gasteiger partial charge on any atom is -0.457 e. The van der Waals surface area contributed by atoms with Crippen molar-refractivity contribution < 1.29 is 14.3 Å². The van der Waals surface area contributed by atoms with E-state index in [2.05, 4.69) is 23.2 Å². The zero-order chi connectivity index (χ0) is 31.7. The quantitative estimate of drug-likeness (QED) is 0.193. The molecule has 0 fully saturated rings. The predicted molar refractivity (Wildman–Crippen MR) is 180 cm³/mol. The highest BCUT2D eigenvalue weighted by Crippen LogP contribution is 2.35. The molecular weight excluding hydrogens is 628 g/mol. The molecule has 1 amide bonds. The van der Waals surface area contributed by atoms with E-state index in [0.717, 1.165) is 22.6 Å². The first-order valence-corrected chi connectivity index (χ1v) is 14.9. The zero-order valence-electron chi connectivity index (χ0n) is 24.9. The Labute approximate surface area is 274 Å². The van der Waals surface area contributed by atoms with Crippen LogP contribution in [0, 0.1) is 0 Å². The topological polar surface area (TPSA) is 54.0 Å². The largest absolute Gasteiger partial charge is 0.457 e. The normalized spacial score (nSPS) is 11.5. The maximum absolute atomic E-state index is 11.2. The monoisotopic (exact) mass is 661 g/mol. The Bertz CT molecular complexity index is 1550. The van der Waals surface area contributed by atoms with Crippen molar-refractivity contribution in [3.63, 3.8) is 0 Å². The van der Waals surface area contributed by atoms with Crippen molar-refractivity contribution in [2.24, 2.45) is 0 Å². The molecule has 0 aromatic heterocycles. The number of anilines is 1. The number of carbonyl (C=O) groups is 1. The third-order valence-electron chi connectivity index (χ3n) is 6.25. The first-order valence-electron chi connectivity index (χ1n) is 13.4. The van der Waals surface area contributed by atoms with Gasteiger partial charge in [0, 0.05) is 48.5 Å². The highest BCUT2D eigenvalue weighted by atomic mass is 35.5. The van der Waals surface area contributed by atoms with Crippen LogP contribution in [-0.4, -0.2) is 43.9 Å². The van der Waals surface area contributed by atoms with Gasteiger partial charge in [0.25, 0.3) is 0 Å². The number of rotatable bonds is 9. The van der Waals surface area contributed by atoms with Crippen LogP contribution < -0.4 is 14.8 Å². The number of carbonyl (C=O) groups excluding carboxylic acids is 1. The van der Waals surface area contributed by atoms with Gasteiger partial charge in [0.15, 0.2) is 0 Å². The maximum atomic E-state index is 11.2. The fourth-order valence-corrected chi connectivity index (χ4v) is 4.53. The van der Waals surface area contributed by atoms with Crippen molar-refractivity contribution in [1.82, 2.24) is 9.80 Å². The van der Waals surface area contributed by atoms with Gasteiger partial charge in [-0.05, 0) is 83.6 Å². The Morgan fingerprint density at radius 2 is 1.30 bits per heavy atom. The number of benzene rings is 4. The SMILES string of the molecule is CC(=O)Nc1ccc(Oc2ccc(Cl)c(Cl)c2)c(CN(C)C)c1.CC(c1ccccc1Oc1ccc(Cl)c(Cl)c1)N(C)C. The molecule has 4 rings (SSSR count). The van der Waals surface area contributed by atoms with Crippen molar-refractivity contribution in [2.75, 3.05) is 33.5 Å². The smallest absolute Gasteiger partial charge is 0.221 e. The van der Waals surface area contributed by atoms with Gasteiger partial charge in [0.05, 0.1) is 20.1 Å². The van der Waals surface area contributed by atoms with Crippen LogP contribution in [0.1, 0.15) is 31.0 Å². The summed E-state index contributed by atoms with van der Waals surface area (Å²) >= 11 is 23.9. The predicted octanol–water partition coefficient (Wildman–Crippen LogP) is 10.2. The van der Waals surface area contributed by atoms with Gasteiger partial charge in [-0.1, -0.05) is 64.6 Å². The molecular formula is C33H35Cl4N3O3. The lowest BCUT2D eigenvalue weighted by Gasteiger charge is -2.22. The average Bonchev–Trinajstić information content (AvgIpc) is 2.94. The van der Waals surface area contributed by atoms with Crippen LogP contribution in [0.15, 0.2) is 78.9 Å². The number of halogens is 4. The molecule has 0 aliphatic rings. The number of nitrogens with one attached hydrogen (secondary N) is 1. The molecule has 0 aliphatic heterocycles. The summed E-state index contributed by atoms with van der Waals surface area (Å²) in [6.07, 6.45) is 0. The van der Waals surface area contributed by atoms with E-state index in [-0.39, 0.29) is 11.9 Å². The van der Waals surface area contributed by atoms with E-state index in [4.69, 9.17) is 55.9 Å². The molecule has 4 aromatic carbocycles. The van der Waals surface area contributed by atoms with E-state index in [1.807, 2.05) is 69.5 Å². The summed E-state index contributed by atoms with van der Waals surface area (Å²) < 4.78 is 11.9. The number of ether oxygens (including phenoxy) is 2. The lowest BCUT2D eigenvalue weighted by Crippen LogP contribution is -2.17. The Kier molecular flexibility index (Phi) is 13.0. The van der Waals surface area contributed by atoms with Crippen LogP contribution in [0.5, 0.6) is 23.0 Å². The van der Waals surface area contributed by atoms with Gasteiger partial charge in [-0.3, -0.25) is 4.79 Å². The minimum atomic E-state index is -0.112. The van der Waals surface area contributed by atoms with Crippen LogP contribution in [0.25, 0.3) is 0 Å². The molecule has 1 N–H and O–H groups in total. The minimum absolute atomic E-state index is 0.112. The van der Waals surface area contributed by atoms with Crippen LogP contribution in [0.2, 0.25) is 20.1 Å². The summed E-state index contributed by atoms with van der Waals surface area (Å²) in [5.74, 6) is 2.70. The highest BCUT2D eigenvalue weighted by molar-refractivity contribution is 6.42. The van der Waals surface area contributed by atoms with Crippen molar-refractivity contribution in [2.45, 2.75) is 26.4 Å². The maximum Gasteiger partial charge on any atom is 0.221 e. The van der Waals surface area contributed by atoms with Gasteiger partial charge in [-0.25, -0.2) is 0 Å². The molecule has 43 heavy (non-hydrogen) atoms. The van der Waals surface area contributed by atoms with E-state index in [1.165, 1.54) is 6.92 Å². The van der Waals surface area contributed by atoms with E-state index >= 15 is 0 Å². The van der Waals surface area contributed by atoms with Crippen molar-refractivity contribution in [1.29, 1.82) is 0 Å². The number of para-hydroxylation sites is 1. The standard InChI is InChI=1S/C17H18Cl2N2O2.C16H17Cl2NO/c1-11(22)20-13-4-7-17(12(8-13)10-21(2)3)23-14-5-6-15(18)16(19)9-14;1-11(19(2)3)13-6-4-5-7-16(13)20-12-8-9-14(17)15(18)10-12/h4-9H,10H2,1-3H3,(H,20,22);4-11H,1-3H3. The van der Waals surface area contributed by atoms with E-state index in [0.29, 0.717) is 43.9 Å². The second-order valence-corrected chi connectivity index (χ2v) is 11.9. The van der Waals surface area contributed by atoms with Gasteiger partial charge in [-0.15, -0.1) is 0 Å². The molecule has 6 nitrogen and oxygen atoms in total. The zero-order valence-corrected chi connectivity index (χ0v) is 27.9.